The standard InChI is InChI=1S/C24H24N4/c1-28-14-20-13-19(23-10-11-24(25)27-26-23)8-9-21(20)22(15-28)18-7-6-16-4-2-3-5-17(16)12-18/h2-13,22,26-27H,14-15,25H2,1H3. The molecule has 0 fully saturated rings. The number of allylic oxidation sites excluding steroid dienone is 2. The average Bonchev–Trinajstić information content (AvgIpc) is 2.73. The van der Waals surface area contributed by atoms with Gasteiger partial charge in [0.2, 0.25) is 0 Å². The molecule has 140 valence electrons. The first-order valence-corrected chi connectivity index (χ1v) is 9.67. The number of nitrogens with zero attached hydrogens (tertiary/aromatic N) is 1. The summed E-state index contributed by atoms with van der Waals surface area (Å²) >= 11 is 0. The molecule has 4 N–H and O–H groups in total. The fourth-order valence-electron chi connectivity index (χ4n) is 4.29. The number of likely N-dealkylation sites (N-methyl/N-ethyl adjacent to an activating group) is 1. The third-order valence-electron chi connectivity index (χ3n) is 5.71. The Morgan fingerprint density at radius 3 is 2.61 bits per heavy atom. The van der Waals surface area contributed by atoms with Gasteiger partial charge in [0.25, 0.3) is 0 Å². The Morgan fingerprint density at radius 1 is 0.929 bits per heavy atom. The number of fused-ring (bicyclic) bond motifs is 2. The SMILES string of the molecule is CN1Cc2cc(C3=CC=C(N)NN3)ccc2C(c2ccc3ccccc3c2)C1. The maximum absolute atomic E-state index is 5.76. The lowest BCUT2D eigenvalue weighted by molar-refractivity contribution is 0.295. The number of hydrazine groups is 1. The fraction of sp³-hybridized carbons (Fsp3) is 0.167. The first kappa shape index (κ1) is 16.9. The molecule has 2 aliphatic heterocycles. The zero-order valence-corrected chi connectivity index (χ0v) is 15.9. The van der Waals surface area contributed by atoms with Crippen molar-refractivity contribution < 1.29 is 0 Å². The lowest BCUT2D eigenvalue weighted by Crippen LogP contribution is -2.35. The number of hydrogen-bond acceptors (Lipinski definition) is 4. The molecule has 5 rings (SSSR count). The van der Waals surface area contributed by atoms with Gasteiger partial charge in [0.1, 0.15) is 5.82 Å². The molecule has 0 bridgehead atoms. The monoisotopic (exact) mass is 368 g/mol. The molecule has 1 unspecified atom stereocenters. The van der Waals surface area contributed by atoms with Gasteiger partial charge < -0.3 is 10.6 Å². The molecule has 3 aromatic carbocycles. The maximum Gasteiger partial charge on any atom is 0.115 e. The van der Waals surface area contributed by atoms with Crippen molar-refractivity contribution in [3.8, 4) is 0 Å². The summed E-state index contributed by atoms with van der Waals surface area (Å²) in [7, 11) is 2.20. The number of nitrogens with two attached hydrogens (primary N) is 1. The average molecular weight is 368 g/mol. The molecule has 1 atom stereocenters. The first-order chi connectivity index (χ1) is 13.7. The number of rotatable bonds is 2. The summed E-state index contributed by atoms with van der Waals surface area (Å²) in [5, 5.41) is 2.60. The van der Waals surface area contributed by atoms with Crippen LogP contribution in [0.5, 0.6) is 0 Å². The van der Waals surface area contributed by atoms with E-state index in [4.69, 9.17) is 5.73 Å². The predicted molar refractivity (Wildman–Crippen MR) is 115 cm³/mol. The third-order valence-corrected chi connectivity index (χ3v) is 5.71. The molecule has 4 heteroatoms. The first-order valence-electron chi connectivity index (χ1n) is 9.67. The summed E-state index contributed by atoms with van der Waals surface area (Å²) in [5.41, 5.74) is 18.3. The van der Waals surface area contributed by atoms with E-state index in [0.717, 1.165) is 18.8 Å². The number of nitrogens with one attached hydrogen (secondary N) is 2. The number of benzene rings is 3. The van der Waals surface area contributed by atoms with Crippen LogP contribution < -0.4 is 16.6 Å². The Hall–Kier alpha value is -3.24. The van der Waals surface area contributed by atoms with E-state index in [1.165, 1.54) is 33.0 Å². The molecule has 0 amide bonds. The van der Waals surface area contributed by atoms with Crippen LogP contribution in [0.2, 0.25) is 0 Å². The van der Waals surface area contributed by atoms with Crippen molar-refractivity contribution in [3.63, 3.8) is 0 Å². The molecular weight excluding hydrogens is 344 g/mol. The third kappa shape index (κ3) is 3.02. The van der Waals surface area contributed by atoms with Crippen LogP contribution >= 0.6 is 0 Å². The van der Waals surface area contributed by atoms with Crippen LogP contribution in [0.15, 0.2) is 78.6 Å². The summed E-state index contributed by atoms with van der Waals surface area (Å²) in [5.74, 6) is 1.01. The van der Waals surface area contributed by atoms with Gasteiger partial charge in [0.05, 0.1) is 5.70 Å². The van der Waals surface area contributed by atoms with Gasteiger partial charge in [-0.25, -0.2) is 0 Å². The number of hydrogen-bond donors (Lipinski definition) is 3. The van der Waals surface area contributed by atoms with Crippen molar-refractivity contribution in [2.45, 2.75) is 12.5 Å². The van der Waals surface area contributed by atoms with E-state index in [1.807, 2.05) is 12.2 Å². The summed E-state index contributed by atoms with van der Waals surface area (Å²) in [6.07, 6.45) is 3.90. The fourth-order valence-corrected chi connectivity index (χ4v) is 4.29. The highest BCUT2D eigenvalue weighted by Gasteiger charge is 2.25. The second kappa shape index (κ2) is 6.73. The molecule has 0 aliphatic carbocycles. The highest BCUT2D eigenvalue weighted by Crippen LogP contribution is 2.35. The molecular formula is C24H24N4. The van der Waals surface area contributed by atoms with Crippen LogP contribution in [-0.2, 0) is 6.54 Å². The molecule has 0 spiro atoms. The van der Waals surface area contributed by atoms with E-state index in [0.29, 0.717) is 11.7 Å². The second-order valence-electron chi connectivity index (χ2n) is 7.72. The summed E-state index contributed by atoms with van der Waals surface area (Å²) in [6.45, 7) is 2.00. The molecule has 28 heavy (non-hydrogen) atoms. The Labute approximate surface area is 165 Å². The van der Waals surface area contributed by atoms with E-state index in [-0.39, 0.29) is 0 Å². The highest BCUT2D eigenvalue weighted by atomic mass is 15.4. The smallest absolute Gasteiger partial charge is 0.115 e. The van der Waals surface area contributed by atoms with Crippen molar-refractivity contribution in [2.75, 3.05) is 13.6 Å². The minimum atomic E-state index is 0.384. The van der Waals surface area contributed by atoms with Gasteiger partial charge in [-0.15, -0.1) is 0 Å². The zero-order valence-electron chi connectivity index (χ0n) is 15.9. The molecule has 3 aromatic rings. The van der Waals surface area contributed by atoms with E-state index in [9.17, 15) is 0 Å². The van der Waals surface area contributed by atoms with E-state index in [2.05, 4.69) is 83.5 Å². The molecule has 2 aliphatic rings. The van der Waals surface area contributed by atoms with Crippen LogP contribution in [0, 0.1) is 0 Å². The van der Waals surface area contributed by atoms with E-state index >= 15 is 0 Å². The minimum absolute atomic E-state index is 0.384. The van der Waals surface area contributed by atoms with E-state index < -0.39 is 0 Å². The summed E-state index contributed by atoms with van der Waals surface area (Å²) in [4.78, 5) is 2.41. The van der Waals surface area contributed by atoms with Gasteiger partial charge in [-0.1, -0.05) is 54.6 Å². The van der Waals surface area contributed by atoms with Crippen molar-refractivity contribution in [2.24, 2.45) is 5.73 Å². The largest absolute Gasteiger partial charge is 0.384 e. The molecule has 0 saturated heterocycles. The van der Waals surface area contributed by atoms with Crippen molar-refractivity contribution in [3.05, 3.63) is 101 Å². The molecule has 0 saturated carbocycles. The van der Waals surface area contributed by atoms with Crippen molar-refractivity contribution in [1.29, 1.82) is 0 Å². The van der Waals surface area contributed by atoms with Gasteiger partial charge in [0, 0.05) is 19.0 Å². The molecule has 4 nitrogen and oxygen atoms in total. The van der Waals surface area contributed by atoms with Gasteiger partial charge in [0.15, 0.2) is 0 Å². The van der Waals surface area contributed by atoms with Crippen LogP contribution in [-0.4, -0.2) is 18.5 Å². The summed E-state index contributed by atoms with van der Waals surface area (Å²) < 4.78 is 0. The van der Waals surface area contributed by atoms with Crippen LogP contribution in [0.1, 0.15) is 28.2 Å². The molecule has 0 radical (unpaired) electrons. The zero-order chi connectivity index (χ0) is 19.1. The topological polar surface area (TPSA) is 53.3 Å². The lowest BCUT2D eigenvalue weighted by atomic mass is 9.83. The quantitative estimate of drug-likeness (QED) is 0.646. The summed E-state index contributed by atoms with van der Waals surface area (Å²) in [6, 6.07) is 22.2. The van der Waals surface area contributed by atoms with Gasteiger partial charge in [-0.2, -0.15) is 0 Å². The highest BCUT2D eigenvalue weighted by molar-refractivity contribution is 5.83. The molecule has 0 aromatic heterocycles. The van der Waals surface area contributed by atoms with Gasteiger partial charge in [-0.05, 0) is 58.3 Å². The molecule has 2 heterocycles. The Kier molecular flexibility index (Phi) is 4.06. The second-order valence-corrected chi connectivity index (χ2v) is 7.72. The van der Waals surface area contributed by atoms with Crippen LogP contribution in [0.25, 0.3) is 16.5 Å². The predicted octanol–water partition coefficient (Wildman–Crippen LogP) is 3.67. The maximum atomic E-state index is 5.76. The minimum Gasteiger partial charge on any atom is -0.384 e. The van der Waals surface area contributed by atoms with Gasteiger partial charge >= 0.3 is 0 Å². The van der Waals surface area contributed by atoms with Gasteiger partial charge in [-0.3, -0.25) is 10.9 Å². The Morgan fingerprint density at radius 2 is 1.79 bits per heavy atom. The lowest BCUT2D eigenvalue weighted by Gasteiger charge is -2.33. The van der Waals surface area contributed by atoms with E-state index in [1.54, 1.807) is 0 Å². The van der Waals surface area contributed by atoms with Crippen LogP contribution in [0.4, 0.5) is 0 Å². The van der Waals surface area contributed by atoms with Crippen LogP contribution in [0.3, 0.4) is 0 Å². The van der Waals surface area contributed by atoms with Crippen molar-refractivity contribution >= 4 is 16.5 Å². The van der Waals surface area contributed by atoms with Crippen molar-refractivity contribution in [1.82, 2.24) is 15.8 Å². The normalized spacial score (nSPS) is 19.2. The Balaban J connectivity index is 1.55. The Bertz CT molecular complexity index is 1110.